The number of fused-ring (bicyclic) bond motifs is 3. The summed E-state index contributed by atoms with van der Waals surface area (Å²) in [6, 6.07) is 19.7. The molecule has 1 N–H and O–H groups in total. The Kier molecular flexibility index (Phi) is 3.66. The molecule has 5 heteroatoms. The summed E-state index contributed by atoms with van der Waals surface area (Å²) >= 11 is 0. The van der Waals surface area contributed by atoms with E-state index < -0.39 is 17.5 Å². The summed E-state index contributed by atoms with van der Waals surface area (Å²) in [4.78, 5) is 24.4. The normalized spacial score (nSPS) is 16.3. The standard InChI is InChI=1S/C23H19NO4/c25-21(26)23(11-12-23)20-10-5-13-24(20)22(27)28-14-19-17-8-3-1-6-15(17)16-7-2-4-9-18(16)19/h1-10,13,19H,11-12,14H2,(H,25,26). The summed E-state index contributed by atoms with van der Waals surface area (Å²) in [5.74, 6) is -0.913. The number of hydrogen-bond donors (Lipinski definition) is 1. The maximum absolute atomic E-state index is 12.8. The number of carboxylic acid groups (broad SMARTS) is 1. The minimum Gasteiger partial charge on any atom is -0.481 e. The van der Waals surface area contributed by atoms with Gasteiger partial charge in [0.15, 0.2) is 0 Å². The summed E-state index contributed by atoms with van der Waals surface area (Å²) in [6.07, 6.45) is 2.14. The third-order valence-corrected chi connectivity index (χ3v) is 5.93. The molecule has 2 aromatic carbocycles. The molecule has 2 aliphatic carbocycles. The van der Waals surface area contributed by atoms with E-state index in [-0.39, 0.29) is 12.5 Å². The largest absolute Gasteiger partial charge is 0.481 e. The van der Waals surface area contributed by atoms with E-state index in [1.165, 1.54) is 15.7 Å². The van der Waals surface area contributed by atoms with Crippen molar-refractivity contribution in [1.29, 1.82) is 0 Å². The number of benzene rings is 2. The maximum Gasteiger partial charge on any atom is 0.418 e. The zero-order valence-corrected chi connectivity index (χ0v) is 15.2. The van der Waals surface area contributed by atoms with Gasteiger partial charge in [-0.1, -0.05) is 48.5 Å². The lowest BCUT2D eigenvalue weighted by molar-refractivity contribution is -0.140. The molecule has 0 amide bonds. The van der Waals surface area contributed by atoms with Gasteiger partial charge in [0.2, 0.25) is 0 Å². The van der Waals surface area contributed by atoms with E-state index in [0.29, 0.717) is 18.5 Å². The average Bonchev–Trinajstić information content (AvgIpc) is 3.27. The van der Waals surface area contributed by atoms with Gasteiger partial charge in [0.25, 0.3) is 0 Å². The van der Waals surface area contributed by atoms with Gasteiger partial charge in [-0.25, -0.2) is 4.79 Å². The summed E-state index contributed by atoms with van der Waals surface area (Å²) < 4.78 is 7.00. The Morgan fingerprint density at radius 2 is 1.57 bits per heavy atom. The molecule has 28 heavy (non-hydrogen) atoms. The average molecular weight is 373 g/mol. The van der Waals surface area contributed by atoms with E-state index in [2.05, 4.69) is 24.3 Å². The number of carbonyl (C=O) groups excluding carboxylic acids is 1. The zero-order valence-electron chi connectivity index (χ0n) is 15.2. The van der Waals surface area contributed by atoms with Gasteiger partial charge in [-0.05, 0) is 47.2 Å². The van der Waals surface area contributed by atoms with Crippen molar-refractivity contribution in [2.45, 2.75) is 24.2 Å². The maximum atomic E-state index is 12.8. The number of ether oxygens (including phenoxy) is 1. The van der Waals surface area contributed by atoms with Crippen molar-refractivity contribution < 1.29 is 19.4 Å². The van der Waals surface area contributed by atoms with Crippen molar-refractivity contribution in [1.82, 2.24) is 4.57 Å². The van der Waals surface area contributed by atoms with Crippen molar-refractivity contribution in [2.75, 3.05) is 6.61 Å². The third-order valence-electron chi connectivity index (χ3n) is 5.93. The molecular formula is C23H19NO4. The summed E-state index contributed by atoms with van der Waals surface area (Å²) in [7, 11) is 0. The SMILES string of the molecule is O=C(OCC1c2ccccc2-c2ccccc21)n1cccc1C1(C(=O)O)CC1. The number of carbonyl (C=O) groups is 2. The first-order chi connectivity index (χ1) is 13.6. The number of aliphatic carboxylic acids is 1. The van der Waals surface area contributed by atoms with Crippen LogP contribution in [0.4, 0.5) is 4.79 Å². The fourth-order valence-electron chi connectivity index (χ4n) is 4.30. The van der Waals surface area contributed by atoms with Gasteiger partial charge in [0.05, 0.1) is 0 Å². The van der Waals surface area contributed by atoms with E-state index in [9.17, 15) is 14.7 Å². The smallest absolute Gasteiger partial charge is 0.418 e. The lowest BCUT2D eigenvalue weighted by Crippen LogP contribution is -2.27. The molecule has 0 radical (unpaired) electrons. The molecule has 1 saturated carbocycles. The van der Waals surface area contributed by atoms with Gasteiger partial charge in [-0.2, -0.15) is 0 Å². The fourth-order valence-corrected chi connectivity index (χ4v) is 4.30. The quantitative estimate of drug-likeness (QED) is 0.736. The highest BCUT2D eigenvalue weighted by Crippen LogP contribution is 2.49. The summed E-state index contributed by atoms with van der Waals surface area (Å²) in [5.41, 5.74) is 4.18. The second-order valence-corrected chi connectivity index (χ2v) is 7.45. The minimum absolute atomic E-state index is 0.0234. The Morgan fingerprint density at radius 1 is 0.964 bits per heavy atom. The van der Waals surface area contributed by atoms with Crippen molar-refractivity contribution >= 4 is 12.1 Å². The number of hydrogen-bond acceptors (Lipinski definition) is 3. The molecular weight excluding hydrogens is 354 g/mol. The second-order valence-electron chi connectivity index (χ2n) is 7.45. The van der Waals surface area contributed by atoms with Crippen LogP contribution in [0.5, 0.6) is 0 Å². The molecule has 0 unspecified atom stereocenters. The number of aromatic nitrogens is 1. The third kappa shape index (κ3) is 2.39. The molecule has 3 aromatic rings. The van der Waals surface area contributed by atoms with E-state index in [1.807, 2.05) is 24.3 Å². The molecule has 5 nitrogen and oxygen atoms in total. The molecule has 0 aliphatic heterocycles. The lowest BCUT2D eigenvalue weighted by Gasteiger charge is -2.17. The van der Waals surface area contributed by atoms with Crippen LogP contribution in [0.3, 0.4) is 0 Å². The molecule has 0 saturated heterocycles. The molecule has 0 atom stereocenters. The Bertz CT molecular complexity index is 1050. The first kappa shape index (κ1) is 16.8. The van der Waals surface area contributed by atoms with Crippen LogP contribution in [0.25, 0.3) is 11.1 Å². The van der Waals surface area contributed by atoms with Crippen molar-refractivity contribution in [3.8, 4) is 11.1 Å². The van der Waals surface area contributed by atoms with Crippen molar-refractivity contribution in [3.05, 3.63) is 83.7 Å². The van der Waals surface area contributed by atoms with Crippen LogP contribution < -0.4 is 0 Å². The lowest BCUT2D eigenvalue weighted by atomic mass is 9.98. The Labute approximate surface area is 162 Å². The highest BCUT2D eigenvalue weighted by Gasteiger charge is 2.54. The number of carboxylic acids is 1. The highest BCUT2D eigenvalue weighted by molar-refractivity contribution is 5.86. The minimum atomic E-state index is -0.949. The van der Waals surface area contributed by atoms with Gasteiger partial charge in [0, 0.05) is 17.8 Å². The monoisotopic (exact) mass is 373 g/mol. The highest BCUT2D eigenvalue weighted by atomic mass is 16.5. The molecule has 140 valence electrons. The summed E-state index contributed by atoms with van der Waals surface area (Å²) in [6.45, 7) is 0.213. The van der Waals surface area contributed by atoms with Gasteiger partial charge in [-0.3, -0.25) is 9.36 Å². The first-order valence-corrected chi connectivity index (χ1v) is 9.38. The first-order valence-electron chi connectivity index (χ1n) is 9.38. The van der Waals surface area contributed by atoms with E-state index in [4.69, 9.17) is 4.74 Å². The van der Waals surface area contributed by atoms with Crippen LogP contribution in [-0.4, -0.2) is 28.3 Å². The topological polar surface area (TPSA) is 68.5 Å². The fraction of sp³-hybridized carbons (Fsp3) is 0.217. The van der Waals surface area contributed by atoms with Gasteiger partial charge < -0.3 is 9.84 Å². The van der Waals surface area contributed by atoms with Crippen LogP contribution in [-0.2, 0) is 14.9 Å². The molecule has 1 fully saturated rings. The van der Waals surface area contributed by atoms with E-state index in [1.54, 1.807) is 18.3 Å². The Balaban J connectivity index is 1.40. The van der Waals surface area contributed by atoms with Gasteiger partial charge in [0.1, 0.15) is 12.0 Å². The van der Waals surface area contributed by atoms with E-state index >= 15 is 0 Å². The van der Waals surface area contributed by atoms with Crippen molar-refractivity contribution in [2.24, 2.45) is 0 Å². The predicted molar refractivity (Wildman–Crippen MR) is 103 cm³/mol. The Hall–Kier alpha value is -3.34. The molecule has 2 aliphatic rings. The van der Waals surface area contributed by atoms with Crippen LogP contribution in [0.15, 0.2) is 66.9 Å². The number of nitrogens with zero attached hydrogens (tertiary/aromatic N) is 1. The number of rotatable bonds is 4. The van der Waals surface area contributed by atoms with Crippen LogP contribution in [0, 0.1) is 0 Å². The molecule has 0 bridgehead atoms. The van der Waals surface area contributed by atoms with E-state index in [0.717, 1.165) is 11.1 Å². The predicted octanol–water partition coefficient (Wildman–Crippen LogP) is 4.40. The zero-order chi connectivity index (χ0) is 19.3. The van der Waals surface area contributed by atoms with Crippen LogP contribution >= 0.6 is 0 Å². The molecule has 5 rings (SSSR count). The van der Waals surface area contributed by atoms with Gasteiger partial charge in [-0.15, -0.1) is 0 Å². The van der Waals surface area contributed by atoms with Gasteiger partial charge >= 0.3 is 12.1 Å². The van der Waals surface area contributed by atoms with Crippen LogP contribution in [0.2, 0.25) is 0 Å². The Morgan fingerprint density at radius 3 is 2.14 bits per heavy atom. The molecule has 1 aromatic heterocycles. The molecule has 1 heterocycles. The van der Waals surface area contributed by atoms with Crippen LogP contribution in [0.1, 0.15) is 35.6 Å². The van der Waals surface area contributed by atoms with Crippen molar-refractivity contribution in [3.63, 3.8) is 0 Å². The molecule has 0 spiro atoms. The summed E-state index contributed by atoms with van der Waals surface area (Å²) in [5, 5.41) is 9.54. The second kappa shape index (κ2) is 6.09.